The molecule has 2 aromatic heterocycles. The average molecular weight is 332 g/mol. The van der Waals surface area contributed by atoms with E-state index in [1.54, 1.807) is 30.6 Å². The molecule has 0 saturated heterocycles. The lowest BCUT2D eigenvalue weighted by Crippen LogP contribution is -2.13. The van der Waals surface area contributed by atoms with Gasteiger partial charge >= 0.3 is 0 Å². The number of nitrogens with one attached hydrogen (secondary N) is 2. The standard InChI is InChI=1S/C20H20N4O/c1-14(2)17-7-3-4-8-18(17)23-16-9-10-19(22-13-16)24-20(25)15-6-5-11-21-12-15/h3-14,23H,1-2H3,(H,22,24,25). The first-order valence-electron chi connectivity index (χ1n) is 8.17. The van der Waals surface area contributed by atoms with E-state index in [9.17, 15) is 4.79 Å². The van der Waals surface area contributed by atoms with E-state index in [2.05, 4.69) is 40.5 Å². The number of para-hydroxylation sites is 1. The van der Waals surface area contributed by atoms with Gasteiger partial charge in [0.2, 0.25) is 0 Å². The molecule has 0 aliphatic rings. The molecule has 0 fully saturated rings. The number of hydrogen-bond acceptors (Lipinski definition) is 4. The van der Waals surface area contributed by atoms with E-state index in [4.69, 9.17) is 0 Å². The van der Waals surface area contributed by atoms with Crippen molar-refractivity contribution >= 4 is 23.1 Å². The zero-order valence-electron chi connectivity index (χ0n) is 14.2. The van der Waals surface area contributed by atoms with Crippen LogP contribution in [0.15, 0.2) is 67.1 Å². The Morgan fingerprint density at radius 1 is 1.00 bits per heavy atom. The number of aromatic nitrogens is 2. The van der Waals surface area contributed by atoms with Crippen LogP contribution in [-0.2, 0) is 0 Å². The van der Waals surface area contributed by atoms with Gasteiger partial charge in [0.25, 0.3) is 5.91 Å². The Morgan fingerprint density at radius 2 is 1.84 bits per heavy atom. The maximum atomic E-state index is 12.1. The number of nitrogens with zero attached hydrogens (tertiary/aromatic N) is 2. The van der Waals surface area contributed by atoms with Gasteiger partial charge in [0, 0.05) is 18.1 Å². The lowest BCUT2D eigenvalue weighted by atomic mass is 10.0. The molecule has 2 heterocycles. The van der Waals surface area contributed by atoms with Gasteiger partial charge in [0.05, 0.1) is 17.4 Å². The van der Waals surface area contributed by atoms with Crippen molar-refractivity contribution in [2.24, 2.45) is 0 Å². The highest BCUT2D eigenvalue weighted by atomic mass is 16.1. The van der Waals surface area contributed by atoms with Crippen molar-refractivity contribution in [3.8, 4) is 0 Å². The zero-order chi connectivity index (χ0) is 17.6. The van der Waals surface area contributed by atoms with Gasteiger partial charge in [0.15, 0.2) is 0 Å². The first-order valence-corrected chi connectivity index (χ1v) is 8.17. The summed E-state index contributed by atoms with van der Waals surface area (Å²) >= 11 is 0. The molecule has 0 bridgehead atoms. The monoisotopic (exact) mass is 332 g/mol. The fourth-order valence-corrected chi connectivity index (χ4v) is 2.50. The van der Waals surface area contributed by atoms with E-state index in [0.717, 1.165) is 11.4 Å². The number of pyridine rings is 2. The Bertz CT molecular complexity index is 845. The lowest BCUT2D eigenvalue weighted by Gasteiger charge is -2.14. The van der Waals surface area contributed by atoms with E-state index >= 15 is 0 Å². The van der Waals surface area contributed by atoms with Crippen molar-refractivity contribution in [3.05, 3.63) is 78.2 Å². The fraction of sp³-hybridized carbons (Fsp3) is 0.150. The molecule has 25 heavy (non-hydrogen) atoms. The van der Waals surface area contributed by atoms with Crippen LogP contribution in [0, 0.1) is 0 Å². The van der Waals surface area contributed by atoms with Crippen LogP contribution in [0.1, 0.15) is 35.7 Å². The average Bonchev–Trinajstić information content (AvgIpc) is 2.64. The van der Waals surface area contributed by atoms with Crippen molar-refractivity contribution in [3.63, 3.8) is 0 Å². The highest BCUT2D eigenvalue weighted by Gasteiger charge is 2.08. The summed E-state index contributed by atoms with van der Waals surface area (Å²) in [6.07, 6.45) is 4.86. The van der Waals surface area contributed by atoms with Crippen molar-refractivity contribution in [2.75, 3.05) is 10.6 Å². The molecule has 5 heteroatoms. The third-order valence-corrected chi connectivity index (χ3v) is 3.79. The molecule has 0 unspecified atom stereocenters. The maximum absolute atomic E-state index is 12.1. The Hall–Kier alpha value is -3.21. The highest BCUT2D eigenvalue weighted by molar-refractivity contribution is 6.03. The number of anilines is 3. The Morgan fingerprint density at radius 3 is 2.52 bits per heavy atom. The van der Waals surface area contributed by atoms with Gasteiger partial charge in [-0.1, -0.05) is 32.0 Å². The normalized spacial score (nSPS) is 10.5. The number of rotatable bonds is 5. The molecule has 0 aliphatic heterocycles. The molecule has 3 aromatic rings. The smallest absolute Gasteiger partial charge is 0.258 e. The molecule has 1 amide bonds. The van der Waals surface area contributed by atoms with Gasteiger partial charge in [-0.05, 0) is 41.8 Å². The van der Waals surface area contributed by atoms with Crippen LogP contribution >= 0.6 is 0 Å². The molecule has 126 valence electrons. The fourth-order valence-electron chi connectivity index (χ4n) is 2.50. The van der Waals surface area contributed by atoms with Crippen molar-refractivity contribution < 1.29 is 4.79 Å². The number of carbonyl (C=O) groups is 1. The maximum Gasteiger partial charge on any atom is 0.258 e. The molecule has 1 aromatic carbocycles. The molecule has 3 rings (SSSR count). The van der Waals surface area contributed by atoms with Gasteiger partial charge in [0.1, 0.15) is 5.82 Å². The van der Waals surface area contributed by atoms with Gasteiger partial charge < -0.3 is 10.6 Å². The summed E-state index contributed by atoms with van der Waals surface area (Å²) in [5.74, 6) is 0.692. The first-order chi connectivity index (χ1) is 12.1. The second kappa shape index (κ2) is 7.57. The molecule has 2 N–H and O–H groups in total. The van der Waals surface area contributed by atoms with E-state index in [-0.39, 0.29) is 5.91 Å². The molecule has 0 radical (unpaired) electrons. The second-order valence-corrected chi connectivity index (χ2v) is 5.99. The second-order valence-electron chi connectivity index (χ2n) is 5.99. The molecule has 0 spiro atoms. The number of hydrogen-bond donors (Lipinski definition) is 2. The minimum Gasteiger partial charge on any atom is -0.354 e. The van der Waals surface area contributed by atoms with Crippen LogP contribution in [0.3, 0.4) is 0 Å². The Kier molecular flexibility index (Phi) is 5.04. The van der Waals surface area contributed by atoms with Crippen LogP contribution in [-0.4, -0.2) is 15.9 Å². The predicted octanol–water partition coefficient (Wildman–Crippen LogP) is 4.60. The predicted molar refractivity (Wildman–Crippen MR) is 100 cm³/mol. The van der Waals surface area contributed by atoms with Crippen molar-refractivity contribution in [1.82, 2.24) is 9.97 Å². The lowest BCUT2D eigenvalue weighted by molar-refractivity contribution is 0.102. The summed E-state index contributed by atoms with van der Waals surface area (Å²) in [4.78, 5) is 20.3. The van der Waals surface area contributed by atoms with Crippen LogP contribution in [0.25, 0.3) is 0 Å². The molecule has 5 nitrogen and oxygen atoms in total. The molecule has 0 saturated carbocycles. The van der Waals surface area contributed by atoms with Crippen LogP contribution in [0.5, 0.6) is 0 Å². The number of amides is 1. The van der Waals surface area contributed by atoms with Crippen molar-refractivity contribution in [1.29, 1.82) is 0 Å². The first kappa shape index (κ1) is 16.6. The molecule has 0 atom stereocenters. The third kappa shape index (κ3) is 4.20. The topological polar surface area (TPSA) is 66.9 Å². The molecule has 0 aliphatic carbocycles. The van der Waals surface area contributed by atoms with Gasteiger partial charge in [-0.25, -0.2) is 4.98 Å². The largest absolute Gasteiger partial charge is 0.354 e. The van der Waals surface area contributed by atoms with Gasteiger partial charge in [-0.2, -0.15) is 0 Å². The quantitative estimate of drug-likeness (QED) is 0.717. The molecular weight excluding hydrogens is 312 g/mol. The van der Waals surface area contributed by atoms with E-state index in [1.807, 2.05) is 24.3 Å². The van der Waals surface area contributed by atoms with Gasteiger partial charge in [-0.15, -0.1) is 0 Å². The number of benzene rings is 1. The Balaban J connectivity index is 1.70. The van der Waals surface area contributed by atoms with Crippen LogP contribution in [0.2, 0.25) is 0 Å². The third-order valence-electron chi connectivity index (χ3n) is 3.79. The summed E-state index contributed by atoms with van der Waals surface area (Å²) in [5.41, 5.74) is 3.67. The SMILES string of the molecule is CC(C)c1ccccc1Nc1ccc(NC(=O)c2cccnc2)nc1. The van der Waals surface area contributed by atoms with E-state index in [0.29, 0.717) is 17.3 Å². The minimum absolute atomic E-state index is 0.230. The summed E-state index contributed by atoms with van der Waals surface area (Å²) in [5, 5.41) is 6.14. The van der Waals surface area contributed by atoms with E-state index in [1.165, 1.54) is 11.8 Å². The summed E-state index contributed by atoms with van der Waals surface area (Å²) in [6, 6.07) is 15.3. The summed E-state index contributed by atoms with van der Waals surface area (Å²) in [7, 11) is 0. The Labute approximate surface area is 147 Å². The number of carbonyl (C=O) groups excluding carboxylic acids is 1. The van der Waals surface area contributed by atoms with Crippen LogP contribution < -0.4 is 10.6 Å². The molecular formula is C20H20N4O. The summed E-state index contributed by atoms with van der Waals surface area (Å²) in [6.45, 7) is 4.33. The van der Waals surface area contributed by atoms with Crippen molar-refractivity contribution in [2.45, 2.75) is 19.8 Å². The minimum atomic E-state index is -0.230. The van der Waals surface area contributed by atoms with E-state index < -0.39 is 0 Å². The van der Waals surface area contributed by atoms with Crippen LogP contribution in [0.4, 0.5) is 17.2 Å². The van der Waals surface area contributed by atoms with Gasteiger partial charge in [-0.3, -0.25) is 9.78 Å². The highest BCUT2D eigenvalue weighted by Crippen LogP contribution is 2.26. The zero-order valence-corrected chi connectivity index (χ0v) is 14.2. The summed E-state index contributed by atoms with van der Waals surface area (Å²) < 4.78 is 0.